The van der Waals surface area contributed by atoms with E-state index in [1.54, 1.807) is 12.4 Å². The summed E-state index contributed by atoms with van der Waals surface area (Å²) in [6.07, 6.45) is 3.35. The molecular formula is C10H8N4O. The summed E-state index contributed by atoms with van der Waals surface area (Å²) in [5.41, 5.74) is 8.21. The Morgan fingerprint density at radius 2 is 2.13 bits per heavy atom. The highest BCUT2D eigenvalue weighted by atomic mass is 16.5. The molecule has 3 rings (SSSR count). The van der Waals surface area contributed by atoms with E-state index in [1.165, 1.54) is 0 Å². The maximum atomic E-state index is 5.75. The third-order valence-electron chi connectivity index (χ3n) is 2.34. The normalized spacial score (nSPS) is 10.9. The van der Waals surface area contributed by atoms with Gasteiger partial charge in [0.25, 0.3) is 0 Å². The molecule has 0 aliphatic heterocycles. The smallest absolute Gasteiger partial charge is 0.174 e. The Morgan fingerprint density at radius 3 is 2.93 bits per heavy atom. The molecule has 0 atom stereocenters. The summed E-state index contributed by atoms with van der Waals surface area (Å²) >= 11 is 0. The lowest BCUT2D eigenvalue weighted by Gasteiger charge is -1.98. The molecule has 2 aromatic heterocycles. The molecule has 0 radical (unpaired) electrons. The zero-order valence-electron chi connectivity index (χ0n) is 7.77. The summed E-state index contributed by atoms with van der Waals surface area (Å²) in [5.74, 6) is 0.527. The molecule has 2 heterocycles. The van der Waals surface area contributed by atoms with E-state index in [4.69, 9.17) is 10.3 Å². The second-order valence-corrected chi connectivity index (χ2v) is 3.25. The number of fused-ring (bicyclic) bond motifs is 1. The van der Waals surface area contributed by atoms with Gasteiger partial charge in [0.15, 0.2) is 5.58 Å². The highest BCUT2D eigenvalue weighted by Crippen LogP contribution is 2.30. The lowest BCUT2D eigenvalue weighted by atomic mass is 10.1. The highest BCUT2D eigenvalue weighted by molar-refractivity contribution is 5.94. The summed E-state index contributed by atoms with van der Waals surface area (Å²) in [7, 11) is 0. The number of rotatable bonds is 1. The van der Waals surface area contributed by atoms with Gasteiger partial charge in [0.1, 0.15) is 5.82 Å². The van der Waals surface area contributed by atoms with E-state index in [0.717, 1.165) is 22.1 Å². The first-order valence-electron chi connectivity index (χ1n) is 4.49. The monoisotopic (exact) mass is 200 g/mol. The van der Waals surface area contributed by atoms with Crippen molar-refractivity contribution in [1.29, 1.82) is 0 Å². The maximum absolute atomic E-state index is 5.75. The highest BCUT2D eigenvalue weighted by Gasteiger charge is 2.11. The first kappa shape index (κ1) is 8.05. The van der Waals surface area contributed by atoms with Crippen LogP contribution in [0.1, 0.15) is 0 Å². The topological polar surface area (TPSA) is 80.7 Å². The molecule has 3 N–H and O–H groups in total. The third-order valence-corrected chi connectivity index (χ3v) is 2.34. The molecule has 0 amide bonds. The van der Waals surface area contributed by atoms with Gasteiger partial charge >= 0.3 is 0 Å². The number of anilines is 1. The quantitative estimate of drug-likeness (QED) is 0.627. The molecule has 74 valence electrons. The van der Waals surface area contributed by atoms with Crippen molar-refractivity contribution in [1.82, 2.24) is 15.4 Å². The number of benzene rings is 1. The molecule has 5 nitrogen and oxygen atoms in total. The summed E-state index contributed by atoms with van der Waals surface area (Å²) in [5, 5.41) is 11.3. The van der Waals surface area contributed by atoms with E-state index in [2.05, 4.69) is 15.4 Å². The van der Waals surface area contributed by atoms with Crippen molar-refractivity contribution >= 4 is 16.8 Å². The minimum atomic E-state index is 0.527. The Morgan fingerprint density at radius 1 is 1.20 bits per heavy atom. The second kappa shape index (κ2) is 2.84. The fraction of sp³-hybridized carbons (Fsp3) is 0. The minimum Gasteiger partial charge on any atom is -0.384 e. The molecule has 3 aromatic rings. The maximum Gasteiger partial charge on any atom is 0.174 e. The Balaban J connectivity index is 2.36. The Bertz CT molecular complexity index is 610. The lowest BCUT2D eigenvalue weighted by molar-refractivity contribution is 0.457. The van der Waals surface area contributed by atoms with Crippen molar-refractivity contribution in [2.24, 2.45) is 0 Å². The van der Waals surface area contributed by atoms with Crippen LogP contribution in [0.3, 0.4) is 0 Å². The van der Waals surface area contributed by atoms with Crippen LogP contribution in [-0.2, 0) is 0 Å². The van der Waals surface area contributed by atoms with Gasteiger partial charge in [-0.15, -0.1) is 0 Å². The summed E-state index contributed by atoms with van der Waals surface area (Å²) in [6, 6.07) is 5.79. The van der Waals surface area contributed by atoms with Crippen LogP contribution in [-0.4, -0.2) is 15.4 Å². The number of para-hydroxylation sites is 1. The number of nitrogen functional groups attached to an aromatic ring is 1. The molecule has 0 aliphatic carbocycles. The van der Waals surface area contributed by atoms with E-state index in [9.17, 15) is 0 Å². The number of nitrogens with two attached hydrogens (primary N) is 1. The Hall–Kier alpha value is -2.30. The number of aromatic nitrogens is 3. The zero-order valence-corrected chi connectivity index (χ0v) is 7.77. The van der Waals surface area contributed by atoms with Gasteiger partial charge < -0.3 is 10.3 Å². The van der Waals surface area contributed by atoms with Crippen molar-refractivity contribution in [3.8, 4) is 11.1 Å². The molecule has 0 fully saturated rings. The molecule has 0 unspecified atom stereocenters. The summed E-state index contributed by atoms with van der Waals surface area (Å²) < 4.78 is 5.18. The van der Waals surface area contributed by atoms with Gasteiger partial charge in [-0.2, -0.15) is 5.10 Å². The zero-order chi connectivity index (χ0) is 10.3. The molecule has 0 saturated heterocycles. The minimum absolute atomic E-state index is 0.527. The van der Waals surface area contributed by atoms with E-state index >= 15 is 0 Å². The van der Waals surface area contributed by atoms with E-state index < -0.39 is 0 Å². The fourth-order valence-electron chi connectivity index (χ4n) is 1.62. The van der Waals surface area contributed by atoms with Gasteiger partial charge in [-0.1, -0.05) is 17.3 Å². The number of hydrogen-bond donors (Lipinski definition) is 2. The predicted molar refractivity (Wildman–Crippen MR) is 56.0 cm³/mol. The van der Waals surface area contributed by atoms with Gasteiger partial charge in [-0.05, 0) is 6.07 Å². The largest absolute Gasteiger partial charge is 0.384 e. The fourth-order valence-corrected chi connectivity index (χ4v) is 1.62. The molecule has 0 aliphatic rings. The average Bonchev–Trinajstić information content (AvgIpc) is 2.85. The molecule has 0 spiro atoms. The number of hydrogen-bond acceptors (Lipinski definition) is 4. The third kappa shape index (κ3) is 1.10. The molecule has 5 heteroatoms. The molecule has 0 saturated carbocycles. The summed E-state index contributed by atoms with van der Waals surface area (Å²) in [4.78, 5) is 0. The van der Waals surface area contributed by atoms with Gasteiger partial charge in [0, 0.05) is 16.5 Å². The average molecular weight is 200 g/mol. The number of nitrogens with one attached hydrogen (secondary N) is 1. The number of aromatic amines is 1. The van der Waals surface area contributed by atoms with Gasteiger partial charge in [0.2, 0.25) is 0 Å². The molecule has 15 heavy (non-hydrogen) atoms. The second-order valence-electron chi connectivity index (χ2n) is 3.25. The van der Waals surface area contributed by atoms with Crippen LogP contribution in [0.25, 0.3) is 22.1 Å². The van der Waals surface area contributed by atoms with Crippen LogP contribution in [0.5, 0.6) is 0 Å². The van der Waals surface area contributed by atoms with Crippen molar-refractivity contribution in [2.75, 3.05) is 5.73 Å². The molecule has 0 bridgehead atoms. The van der Waals surface area contributed by atoms with Crippen LogP contribution in [0.4, 0.5) is 5.82 Å². The van der Waals surface area contributed by atoms with Crippen LogP contribution in [0, 0.1) is 0 Å². The van der Waals surface area contributed by atoms with E-state index in [1.807, 2.05) is 18.2 Å². The van der Waals surface area contributed by atoms with Gasteiger partial charge in [0.05, 0.1) is 12.4 Å². The van der Waals surface area contributed by atoms with Crippen LogP contribution in [0.2, 0.25) is 0 Å². The predicted octanol–water partition coefficient (Wildman–Crippen LogP) is 1.80. The van der Waals surface area contributed by atoms with Gasteiger partial charge in [-0.25, -0.2) is 0 Å². The van der Waals surface area contributed by atoms with Crippen molar-refractivity contribution in [3.05, 3.63) is 30.6 Å². The van der Waals surface area contributed by atoms with Crippen LogP contribution >= 0.6 is 0 Å². The van der Waals surface area contributed by atoms with Crippen molar-refractivity contribution in [2.45, 2.75) is 0 Å². The Labute approximate surface area is 84.9 Å². The van der Waals surface area contributed by atoms with Crippen molar-refractivity contribution < 1.29 is 4.52 Å². The molecule has 1 aromatic carbocycles. The van der Waals surface area contributed by atoms with Gasteiger partial charge in [-0.3, -0.25) is 5.10 Å². The molecular weight excluding hydrogens is 192 g/mol. The standard InChI is InChI=1S/C10H8N4O/c11-10-8(5-12-14-10)7-3-1-2-6-4-13-15-9(6)7/h1-5H,(H3,11,12,14). The number of nitrogens with zero attached hydrogens (tertiary/aromatic N) is 2. The first-order valence-corrected chi connectivity index (χ1v) is 4.49. The first-order chi connectivity index (χ1) is 7.36. The van der Waals surface area contributed by atoms with Crippen LogP contribution in [0.15, 0.2) is 35.1 Å². The van der Waals surface area contributed by atoms with Crippen molar-refractivity contribution in [3.63, 3.8) is 0 Å². The SMILES string of the molecule is Nc1[nH]ncc1-c1cccc2cnoc12. The Kier molecular flexibility index (Phi) is 1.53. The number of H-pyrrole nitrogens is 1. The van der Waals surface area contributed by atoms with E-state index in [-0.39, 0.29) is 0 Å². The van der Waals surface area contributed by atoms with Crippen LogP contribution < -0.4 is 5.73 Å². The lowest BCUT2D eigenvalue weighted by Crippen LogP contribution is -1.87. The summed E-state index contributed by atoms with van der Waals surface area (Å²) in [6.45, 7) is 0. The van der Waals surface area contributed by atoms with E-state index in [0.29, 0.717) is 5.82 Å².